The molecule has 0 aliphatic heterocycles. The second-order valence-electron chi connectivity index (χ2n) is 14.9. The Hall–Kier alpha value is -3.53. The molecule has 0 aliphatic carbocycles. The zero-order valence-corrected chi connectivity index (χ0v) is 31.1. The van der Waals surface area contributed by atoms with E-state index in [2.05, 4.69) is 10.6 Å². The Kier molecular flexibility index (Phi) is 13.9. The number of alkyl carbamates (subject to hydrolysis) is 1. The molecule has 2 rings (SSSR count). The van der Waals surface area contributed by atoms with Crippen molar-refractivity contribution in [3.8, 4) is 0 Å². The Morgan fingerprint density at radius 1 is 0.809 bits per heavy atom. The first-order valence-electron chi connectivity index (χ1n) is 16.1. The molecule has 10 heteroatoms. The van der Waals surface area contributed by atoms with Crippen LogP contribution >= 0.6 is 11.8 Å². The van der Waals surface area contributed by atoms with Gasteiger partial charge in [-0.25, -0.2) is 9.59 Å². The third-order valence-corrected chi connectivity index (χ3v) is 7.72. The van der Waals surface area contributed by atoms with Crippen molar-refractivity contribution in [2.24, 2.45) is 0 Å². The van der Waals surface area contributed by atoms with Crippen LogP contribution in [0.25, 0.3) is 0 Å². The van der Waals surface area contributed by atoms with Crippen LogP contribution in [0.3, 0.4) is 0 Å². The number of benzene rings is 2. The second kappa shape index (κ2) is 16.5. The minimum absolute atomic E-state index is 0.196. The van der Waals surface area contributed by atoms with Gasteiger partial charge in [-0.15, -0.1) is 0 Å². The molecule has 0 saturated heterocycles. The van der Waals surface area contributed by atoms with Crippen LogP contribution < -0.4 is 10.6 Å². The van der Waals surface area contributed by atoms with E-state index in [1.165, 1.54) is 4.90 Å². The van der Waals surface area contributed by atoms with E-state index >= 15 is 0 Å². The number of aryl methyl sites for hydroxylation is 2. The Morgan fingerprint density at radius 3 is 1.91 bits per heavy atom. The molecule has 2 N–H and O–H groups in total. The van der Waals surface area contributed by atoms with E-state index in [4.69, 9.17) is 9.47 Å². The maximum atomic E-state index is 14.7. The van der Waals surface area contributed by atoms with E-state index in [0.29, 0.717) is 17.7 Å². The van der Waals surface area contributed by atoms with Crippen LogP contribution in [0.4, 0.5) is 4.79 Å². The van der Waals surface area contributed by atoms with Crippen LogP contribution in [0, 0.1) is 13.8 Å². The number of ether oxygens (including phenoxy) is 2. The second-order valence-corrected chi connectivity index (χ2v) is 15.9. The highest BCUT2D eigenvalue weighted by atomic mass is 32.2. The third-order valence-electron chi connectivity index (χ3n) is 7.08. The molecule has 0 aromatic heterocycles. The standard InChI is InChI=1S/C37H55N3O6S/c1-24-18-19-27(25(2)22-24)30(31(41)38-29(33(43)45-36(6,7)8)23-26-16-14-13-15-17-26)40(35(3,4)5)32(42)28(20-21-47-12)39-34(44)46-37(9,10)11/h13-19,22,28-30H,20-21,23H2,1-12H3,(H,38,41)(H,39,44). The van der Waals surface area contributed by atoms with Crippen molar-refractivity contribution in [1.29, 1.82) is 0 Å². The van der Waals surface area contributed by atoms with E-state index in [9.17, 15) is 19.2 Å². The smallest absolute Gasteiger partial charge is 0.408 e. The van der Waals surface area contributed by atoms with E-state index < -0.39 is 58.7 Å². The van der Waals surface area contributed by atoms with Crippen LogP contribution in [0.2, 0.25) is 0 Å². The summed E-state index contributed by atoms with van der Waals surface area (Å²) in [6.45, 7) is 20.0. The minimum Gasteiger partial charge on any atom is -0.458 e. The molecule has 0 heterocycles. The van der Waals surface area contributed by atoms with Crippen LogP contribution in [0.15, 0.2) is 48.5 Å². The first-order chi connectivity index (χ1) is 21.6. The lowest BCUT2D eigenvalue weighted by molar-refractivity contribution is -0.159. The van der Waals surface area contributed by atoms with E-state index in [-0.39, 0.29) is 6.42 Å². The van der Waals surface area contributed by atoms with Gasteiger partial charge in [0, 0.05) is 12.0 Å². The number of amides is 3. The predicted molar refractivity (Wildman–Crippen MR) is 189 cm³/mol. The number of nitrogens with one attached hydrogen (secondary N) is 2. The van der Waals surface area contributed by atoms with Crippen LogP contribution in [0.1, 0.15) is 97.0 Å². The number of hydrogen-bond donors (Lipinski definition) is 2. The number of carbonyl (C=O) groups is 4. The van der Waals surface area contributed by atoms with E-state index in [1.807, 2.05) is 89.4 Å². The van der Waals surface area contributed by atoms with Gasteiger partial charge in [0.05, 0.1) is 0 Å². The quantitative estimate of drug-likeness (QED) is 0.242. The summed E-state index contributed by atoms with van der Waals surface area (Å²) in [6.07, 6.45) is 1.72. The van der Waals surface area contributed by atoms with Crippen molar-refractivity contribution >= 4 is 35.6 Å². The fourth-order valence-electron chi connectivity index (χ4n) is 5.15. The molecule has 260 valence electrons. The van der Waals surface area contributed by atoms with Crippen molar-refractivity contribution in [3.05, 3.63) is 70.8 Å². The number of hydrogen-bond acceptors (Lipinski definition) is 7. The van der Waals surface area contributed by atoms with Crippen LogP contribution in [-0.2, 0) is 30.3 Å². The van der Waals surface area contributed by atoms with Gasteiger partial charge in [0.15, 0.2) is 0 Å². The SMILES string of the molecule is CSCCC(NC(=O)OC(C)(C)C)C(=O)N(C(C(=O)NC(Cc1ccccc1)C(=O)OC(C)(C)C)c1ccc(C)cc1C)C(C)(C)C. The number of carbonyl (C=O) groups excluding carboxylic acids is 4. The number of thioether (sulfide) groups is 1. The monoisotopic (exact) mass is 669 g/mol. The average molecular weight is 670 g/mol. The molecule has 2 aromatic carbocycles. The maximum absolute atomic E-state index is 14.7. The van der Waals surface area contributed by atoms with Crippen LogP contribution in [-0.4, -0.2) is 69.6 Å². The third kappa shape index (κ3) is 12.9. The van der Waals surface area contributed by atoms with Crippen molar-refractivity contribution in [3.63, 3.8) is 0 Å². The molecule has 9 nitrogen and oxygen atoms in total. The zero-order valence-electron chi connectivity index (χ0n) is 30.3. The summed E-state index contributed by atoms with van der Waals surface area (Å²) < 4.78 is 11.2. The van der Waals surface area contributed by atoms with Gasteiger partial charge >= 0.3 is 12.1 Å². The highest BCUT2D eigenvalue weighted by Crippen LogP contribution is 2.33. The topological polar surface area (TPSA) is 114 Å². The van der Waals surface area contributed by atoms with Crippen LogP contribution in [0.5, 0.6) is 0 Å². The Labute approximate surface area is 285 Å². The highest BCUT2D eigenvalue weighted by molar-refractivity contribution is 7.98. The van der Waals surface area contributed by atoms with E-state index in [0.717, 1.165) is 16.7 Å². The molecule has 3 amide bonds. The predicted octanol–water partition coefficient (Wildman–Crippen LogP) is 6.69. The summed E-state index contributed by atoms with van der Waals surface area (Å²) in [5, 5.41) is 5.74. The lowest BCUT2D eigenvalue weighted by Gasteiger charge is -2.43. The lowest BCUT2D eigenvalue weighted by Crippen LogP contribution is -2.60. The van der Waals surface area contributed by atoms with Crippen molar-refractivity contribution in [1.82, 2.24) is 15.5 Å². The highest BCUT2D eigenvalue weighted by Gasteiger charge is 2.43. The molecule has 3 unspecified atom stereocenters. The Bertz CT molecular complexity index is 1380. The molecule has 0 saturated carbocycles. The number of esters is 1. The number of nitrogens with zero attached hydrogens (tertiary/aromatic N) is 1. The average Bonchev–Trinajstić information content (AvgIpc) is 2.91. The van der Waals surface area contributed by atoms with Gasteiger partial charge in [0.1, 0.15) is 29.3 Å². The molecule has 0 radical (unpaired) electrons. The van der Waals surface area contributed by atoms with Gasteiger partial charge in [-0.3, -0.25) is 9.59 Å². The van der Waals surface area contributed by atoms with Gasteiger partial charge in [-0.1, -0.05) is 54.1 Å². The Balaban J connectivity index is 2.69. The molecule has 0 spiro atoms. The molecule has 3 atom stereocenters. The zero-order chi connectivity index (χ0) is 35.7. The van der Waals surface area contributed by atoms with Crippen molar-refractivity contribution < 1.29 is 28.7 Å². The van der Waals surface area contributed by atoms with Crippen molar-refractivity contribution in [2.75, 3.05) is 12.0 Å². The first kappa shape index (κ1) is 39.6. The maximum Gasteiger partial charge on any atom is 0.408 e. The van der Waals surface area contributed by atoms with E-state index in [1.54, 1.807) is 53.3 Å². The molecule has 2 aromatic rings. The summed E-state index contributed by atoms with van der Waals surface area (Å²) in [7, 11) is 0. The first-order valence-corrected chi connectivity index (χ1v) is 17.5. The molecular weight excluding hydrogens is 614 g/mol. The summed E-state index contributed by atoms with van der Waals surface area (Å²) >= 11 is 1.55. The summed E-state index contributed by atoms with van der Waals surface area (Å²) in [6, 6.07) is 12.0. The lowest BCUT2D eigenvalue weighted by atomic mass is 9.91. The number of rotatable bonds is 12. The summed E-state index contributed by atoms with van der Waals surface area (Å²) in [5.41, 5.74) is 0.829. The van der Waals surface area contributed by atoms with Gasteiger partial charge < -0.3 is 25.0 Å². The largest absolute Gasteiger partial charge is 0.458 e. The Morgan fingerprint density at radius 2 is 1.40 bits per heavy atom. The molecule has 47 heavy (non-hydrogen) atoms. The fraction of sp³-hybridized carbons (Fsp3) is 0.568. The normalized spacial score (nSPS) is 14.0. The van der Waals surface area contributed by atoms with Gasteiger partial charge in [0.2, 0.25) is 11.8 Å². The van der Waals surface area contributed by atoms with Gasteiger partial charge in [-0.2, -0.15) is 11.8 Å². The van der Waals surface area contributed by atoms with Gasteiger partial charge in [0.25, 0.3) is 0 Å². The fourth-order valence-corrected chi connectivity index (χ4v) is 5.62. The molecule has 0 aliphatic rings. The van der Waals surface area contributed by atoms with Gasteiger partial charge in [-0.05, 0) is 111 Å². The van der Waals surface area contributed by atoms with Crippen molar-refractivity contribution in [2.45, 2.75) is 124 Å². The summed E-state index contributed by atoms with van der Waals surface area (Å²) in [5.74, 6) is -0.961. The minimum atomic E-state index is -1.14. The summed E-state index contributed by atoms with van der Waals surface area (Å²) in [4.78, 5) is 57.3. The molecule has 0 bridgehead atoms. The molecule has 0 fully saturated rings. The molecular formula is C37H55N3O6S.